The average Bonchev–Trinajstić information content (AvgIpc) is 3.11. The first-order valence-corrected chi connectivity index (χ1v) is 7.13. The molecule has 20 heavy (non-hydrogen) atoms. The zero-order chi connectivity index (χ0) is 13.9. The van der Waals surface area contributed by atoms with Crippen LogP contribution in [0.2, 0.25) is 0 Å². The number of hydrogen-bond acceptors (Lipinski definition) is 4. The second-order valence-corrected chi connectivity index (χ2v) is 5.21. The number of fused-ring (bicyclic) bond motifs is 1. The molecule has 0 saturated carbocycles. The third-order valence-electron chi connectivity index (χ3n) is 3.90. The molecule has 1 N–H and O–H groups in total. The molecule has 3 rings (SSSR count). The molecule has 1 aromatic carbocycles. The number of H-pyrrole nitrogens is 1. The largest absolute Gasteiger partial charge is 0.493 e. The van der Waals surface area contributed by atoms with Crippen LogP contribution in [0.4, 0.5) is 0 Å². The van der Waals surface area contributed by atoms with E-state index >= 15 is 0 Å². The summed E-state index contributed by atoms with van der Waals surface area (Å²) in [5.41, 5.74) is 1.93. The average molecular weight is 275 g/mol. The van der Waals surface area contributed by atoms with Crippen LogP contribution in [0.25, 0.3) is 11.0 Å². The molecular formula is C15H21N3O2. The molecule has 1 aromatic heterocycles. The Hall–Kier alpha value is -1.75. The van der Waals surface area contributed by atoms with Gasteiger partial charge >= 0.3 is 0 Å². The molecule has 2 aromatic rings. The van der Waals surface area contributed by atoms with Crippen molar-refractivity contribution in [2.45, 2.75) is 19.3 Å². The standard InChI is InChI=1S/C15H21N3O2/c1-19-13-9-11-12(10-14(13)20-2)17-15(16-11)5-8-18-6-3-4-7-18/h9-10H,3-8H2,1-2H3,(H,16,17). The van der Waals surface area contributed by atoms with Gasteiger partial charge in [0, 0.05) is 25.1 Å². The molecule has 5 nitrogen and oxygen atoms in total. The minimum absolute atomic E-state index is 0.720. The fourth-order valence-electron chi connectivity index (χ4n) is 2.78. The number of methoxy groups -OCH3 is 2. The quantitative estimate of drug-likeness (QED) is 0.909. The van der Waals surface area contributed by atoms with Crippen molar-refractivity contribution in [1.82, 2.24) is 14.9 Å². The maximum Gasteiger partial charge on any atom is 0.163 e. The Morgan fingerprint density at radius 2 is 1.85 bits per heavy atom. The molecule has 0 aliphatic carbocycles. The number of nitrogens with one attached hydrogen (secondary N) is 1. The van der Waals surface area contributed by atoms with Crippen molar-refractivity contribution in [2.24, 2.45) is 0 Å². The van der Waals surface area contributed by atoms with Gasteiger partial charge in [-0.2, -0.15) is 0 Å². The molecule has 0 unspecified atom stereocenters. The van der Waals surface area contributed by atoms with Crippen LogP contribution in [0, 0.1) is 0 Å². The summed E-state index contributed by atoms with van der Waals surface area (Å²) in [6.45, 7) is 3.53. The minimum Gasteiger partial charge on any atom is -0.493 e. The predicted molar refractivity (Wildman–Crippen MR) is 78.6 cm³/mol. The van der Waals surface area contributed by atoms with E-state index in [4.69, 9.17) is 9.47 Å². The molecule has 5 heteroatoms. The molecule has 1 aliphatic rings. The molecule has 0 bridgehead atoms. The van der Waals surface area contributed by atoms with Crippen LogP contribution in [0.3, 0.4) is 0 Å². The molecule has 1 aliphatic heterocycles. The summed E-state index contributed by atoms with van der Waals surface area (Å²) in [5, 5.41) is 0. The lowest BCUT2D eigenvalue weighted by Gasteiger charge is -2.12. The summed E-state index contributed by atoms with van der Waals surface area (Å²) in [4.78, 5) is 10.5. The van der Waals surface area contributed by atoms with Gasteiger partial charge in [-0.3, -0.25) is 0 Å². The van der Waals surface area contributed by atoms with Crippen molar-refractivity contribution in [3.05, 3.63) is 18.0 Å². The Labute approximate surface area is 118 Å². The fraction of sp³-hybridized carbons (Fsp3) is 0.533. The lowest BCUT2D eigenvalue weighted by molar-refractivity contribution is 0.341. The van der Waals surface area contributed by atoms with Gasteiger partial charge in [0.1, 0.15) is 5.82 Å². The van der Waals surface area contributed by atoms with Crippen LogP contribution in [0.5, 0.6) is 11.5 Å². The highest BCUT2D eigenvalue weighted by Gasteiger charge is 2.13. The SMILES string of the molecule is COc1cc2nc(CCN3CCCC3)[nH]c2cc1OC. The van der Waals surface area contributed by atoms with Crippen molar-refractivity contribution < 1.29 is 9.47 Å². The van der Waals surface area contributed by atoms with Gasteiger partial charge in [0.2, 0.25) is 0 Å². The molecule has 0 amide bonds. The van der Waals surface area contributed by atoms with Crippen LogP contribution in [-0.2, 0) is 6.42 Å². The normalized spacial score (nSPS) is 15.9. The van der Waals surface area contributed by atoms with Gasteiger partial charge in [-0.05, 0) is 25.9 Å². The van der Waals surface area contributed by atoms with Crippen molar-refractivity contribution in [1.29, 1.82) is 0 Å². The Morgan fingerprint density at radius 1 is 1.15 bits per heavy atom. The van der Waals surface area contributed by atoms with E-state index in [1.54, 1.807) is 14.2 Å². The number of nitrogens with zero attached hydrogens (tertiary/aromatic N) is 2. The zero-order valence-corrected chi connectivity index (χ0v) is 12.1. The fourth-order valence-corrected chi connectivity index (χ4v) is 2.78. The highest BCUT2D eigenvalue weighted by molar-refractivity contribution is 5.79. The highest BCUT2D eigenvalue weighted by atomic mass is 16.5. The van der Waals surface area contributed by atoms with Gasteiger partial charge < -0.3 is 19.4 Å². The first-order valence-electron chi connectivity index (χ1n) is 7.13. The third kappa shape index (κ3) is 2.58. The molecule has 1 fully saturated rings. The van der Waals surface area contributed by atoms with Crippen LogP contribution in [-0.4, -0.2) is 48.7 Å². The third-order valence-corrected chi connectivity index (χ3v) is 3.90. The summed E-state index contributed by atoms with van der Waals surface area (Å²) in [6.07, 6.45) is 3.61. The zero-order valence-electron chi connectivity index (χ0n) is 12.1. The lowest BCUT2D eigenvalue weighted by atomic mass is 10.3. The monoisotopic (exact) mass is 275 g/mol. The Bertz CT molecular complexity index is 547. The van der Waals surface area contributed by atoms with E-state index in [9.17, 15) is 0 Å². The van der Waals surface area contributed by atoms with E-state index in [0.29, 0.717) is 0 Å². The number of aromatic nitrogens is 2. The van der Waals surface area contributed by atoms with Crippen molar-refractivity contribution in [3.8, 4) is 11.5 Å². The second-order valence-electron chi connectivity index (χ2n) is 5.21. The molecule has 2 heterocycles. The molecule has 1 saturated heterocycles. The van der Waals surface area contributed by atoms with Crippen molar-refractivity contribution in [2.75, 3.05) is 33.9 Å². The second kappa shape index (κ2) is 5.71. The molecular weight excluding hydrogens is 254 g/mol. The number of benzene rings is 1. The van der Waals surface area contributed by atoms with Gasteiger partial charge in [0.25, 0.3) is 0 Å². The van der Waals surface area contributed by atoms with Crippen LogP contribution >= 0.6 is 0 Å². The van der Waals surface area contributed by atoms with E-state index in [-0.39, 0.29) is 0 Å². The number of rotatable bonds is 5. The Morgan fingerprint density at radius 3 is 2.55 bits per heavy atom. The van der Waals surface area contributed by atoms with E-state index in [1.165, 1.54) is 25.9 Å². The van der Waals surface area contributed by atoms with Crippen molar-refractivity contribution in [3.63, 3.8) is 0 Å². The van der Waals surface area contributed by atoms with Gasteiger partial charge in [-0.25, -0.2) is 4.98 Å². The first-order chi connectivity index (χ1) is 9.80. The van der Waals surface area contributed by atoms with Gasteiger partial charge in [0.15, 0.2) is 11.5 Å². The van der Waals surface area contributed by atoms with E-state index in [1.807, 2.05) is 12.1 Å². The van der Waals surface area contributed by atoms with Crippen LogP contribution in [0.15, 0.2) is 12.1 Å². The lowest BCUT2D eigenvalue weighted by Crippen LogP contribution is -2.22. The highest BCUT2D eigenvalue weighted by Crippen LogP contribution is 2.31. The Kier molecular flexibility index (Phi) is 3.78. The smallest absolute Gasteiger partial charge is 0.163 e. The minimum atomic E-state index is 0.720. The summed E-state index contributed by atoms with van der Waals surface area (Å²) >= 11 is 0. The Balaban J connectivity index is 1.78. The molecule has 108 valence electrons. The van der Waals surface area contributed by atoms with Gasteiger partial charge in [-0.15, -0.1) is 0 Å². The molecule has 0 radical (unpaired) electrons. The van der Waals surface area contributed by atoms with Crippen molar-refractivity contribution >= 4 is 11.0 Å². The number of imidazole rings is 1. The van der Waals surface area contributed by atoms with Gasteiger partial charge in [0.05, 0.1) is 25.3 Å². The number of aromatic amines is 1. The number of ether oxygens (including phenoxy) is 2. The topological polar surface area (TPSA) is 50.4 Å². The maximum absolute atomic E-state index is 5.31. The predicted octanol–water partition coefficient (Wildman–Crippen LogP) is 2.22. The number of likely N-dealkylation sites (tertiary alicyclic amines) is 1. The molecule has 0 spiro atoms. The summed E-state index contributed by atoms with van der Waals surface area (Å²) in [7, 11) is 3.29. The van der Waals surface area contributed by atoms with E-state index in [0.717, 1.165) is 41.3 Å². The first kappa shape index (κ1) is 13.2. The number of hydrogen-bond donors (Lipinski definition) is 1. The summed E-state index contributed by atoms with van der Waals surface area (Å²) < 4.78 is 10.6. The van der Waals surface area contributed by atoms with Crippen LogP contribution in [0.1, 0.15) is 18.7 Å². The maximum atomic E-state index is 5.31. The summed E-state index contributed by atoms with van der Waals surface area (Å²) in [5.74, 6) is 2.48. The van der Waals surface area contributed by atoms with E-state index < -0.39 is 0 Å². The van der Waals surface area contributed by atoms with E-state index in [2.05, 4.69) is 14.9 Å². The molecule has 0 atom stereocenters. The van der Waals surface area contributed by atoms with Crippen LogP contribution < -0.4 is 9.47 Å². The summed E-state index contributed by atoms with van der Waals surface area (Å²) in [6, 6.07) is 3.87. The van der Waals surface area contributed by atoms with Gasteiger partial charge in [-0.1, -0.05) is 0 Å².